The average molecular weight is 298 g/mol. The van der Waals surface area contributed by atoms with E-state index in [2.05, 4.69) is 4.90 Å². The monoisotopic (exact) mass is 297 g/mol. The summed E-state index contributed by atoms with van der Waals surface area (Å²) in [6.07, 6.45) is 2.59. The van der Waals surface area contributed by atoms with Gasteiger partial charge in [-0.25, -0.2) is 4.79 Å². The second-order valence-corrected chi connectivity index (χ2v) is 7.76. The number of thiophene rings is 1. The summed E-state index contributed by atoms with van der Waals surface area (Å²) in [6, 6.07) is 3.51. The van der Waals surface area contributed by atoms with Gasteiger partial charge in [0.1, 0.15) is 11.0 Å². The molecule has 1 aromatic heterocycles. The van der Waals surface area contributed by atoms with E-state index in [4.69, 9.17) is 16.3 Å². The third kappa shape index (κ3) is 2.10. The number of carbonyl (C=O) groups is 1. The number of hydrogen-bond acceptors (Lipinski definition) is 4. The Kier molecular flexibility index (Phi) is 2.87. The number of esters is 1. The zero-order valence-corrected chi connectivity index (χ0v) is 12.1. The van der Waals surface area contributed by atoms with Crippen molar-refractivity contribution < 1.29 is 9.53 Å². The first-order valence-corrected chi connectivity index (χ1v) is 8.07. The second-order valence-electron chi connectivity index (χ2n) is 6.05. The summed E-state index contributed by atoms with van der Waals surface area (Å²) < 4.78 is 6.45. The van der Waals surface area contributed by atoms with Crippen LogP contribution < -0.4 is 0 Å². The lowest BCUT2D eigenvalue weighted by Crippen LogP contribution is -2.60. The minimum Gasteiger partial charge on any atom is -0.457 e. The van der Waals surface area contributed by atoms with E-state index in [1.165, 1.54) is 30.7 Å². The molecule has 2 unspecified atom stereocenters. The Morgan fingerprint density at radius 3 is 2.58 bits per heavy atom. The first kappa shape index (κ1) is 12.2. The molecule has 1 aliphatic carbocycles. The smallest absolute Gasteiger partial charge is 0.348 e. The van der Waals surface area contributed by atoms with E-state index in [1.807, 2.05) is 0 Å². The molecule has 2 atom stereocenters. The summed E-state index contributed by atoms with van der Waals surface area (Å²) in [4.78, 5) is 15.3. The molecule has 19 heavy (non-hydrogen) atoms. The number of piperidine rings is 3. The van der Waals surface area contributed by atoms with E-state index in [0.29, 0.717) is 21.0 Å². The van der Waals surface area contributed by atoms with Crippen molar-refractivity contribution in [2.24, 2.45) is 17.8 Å². The molecule has 4 bridgehead atoms. The average Bonchev–Trinajstić information content (AvgIpc) is 2.79. The third-order valence-electron chi connectivity index (χ3n) is 4.72. The highest BCUT2D eigenvalue weighted by Crippen LogP contribution is 2.45. The number of ether oxygens (including phenoxy) is 1. The van der Waals surface area contributed by atoms with Crippen LogP contribution >= 0.6 is 22.9 Å². The van der Waals surface area contributed by atoms with Crippen LogP contribution in [-0.2, 0) is 4.74 Å². The van der Waals surface area contributed by atoms with Gasteiger partial charge in [-0.3, -0.25) is 0 Å². The van der Waals surface area contributed by atoms with Crippen molar-refractivity contribution in [3.05, 3.63) is 21.3 Å². The number of nitrogens with zero attached hydrogens (tertiary/aromatic N) is 1. The fourth-order valence-corrected chi connectivity index (χ4v) is 5.09. The Morgan fingerprint density at radius 2 is 2.00 bits per heavy atom. The maximum atomic E-state index is 12.2. The van der Waals surface area contributed by atoms with Crippen molar-refractivity contribution in [2.45, 2.75) is 18.9 Å². The fraction of sp³-hybridized carbons (Fsp3) is 0.643. The van der Waals surface area contributed by atoms with Crippen LogP contribution in [0, 0.1) is 17.8 Å². The van der Waals surface area contributed by atoms with Gasteiger partial charge in [0.15, 0.2) is 0 Å². The van der Waals surface area contributed by atoms with Crippen LogP contribution in [0.3, 0.4) is 0 Å². The third-order valence-corrected chi connectivity index (χ3v) is 5.93. The Balaban J connectivity index is 1.49. The van der Waals surface area contributed by atoms with Crippen LogP contribution in [-0.4, -0.2) is 36.6 Å². The van der Waals surface area contributed by atoms with E-state index >= 15 is 0 Å². The lowest BCUT2D eigenvalue weighted by atomic mass is 9.66. The quantitative estimate of drug-likeness (QED) is 0.786. The van der Waals surface area contributed by atoms with Crippen LogP contribution in [0.25, 0.3) is 0 Å². The Hall–Kier alpha value is -0.580. The predicted octanol–water partition coefficient (Wildman–Crippen LogP) is 2.90. The highest BCUT2D eigenvalue weighted by molar-refractivity contribution is 7.17. The van der Waals surface area contributed by atoms with Crippen LogP contribution in [0.4, 0.5) is 0 Å². The van der Waals surface area contributed by atoms with Crippen molar-refractivity contribution in [1.82, 2.24) is 4.90 Å². The van der Waals surface area contributed by atoms with Crippen LogP contribution in [0.1, 0.15) is 22.5 Å². The molecule has 5 heteroatoms. The molecule has 5 rings (SSSR count). The number of halogens is 1. The Labute approximate surface area is 121 Å². The molecule has 102 valence electrons. The molecule has 4 heterocycles. The van der Waals surface area contributed by atoms with Gasteiger partial charge in [-0.2, -0.15) is 0 Å². The van der Waals surface area contributed by atoms with E-state index in [-0.39, 0.29) is 12.1 Å². The standard InChI is InChI=1S/C14H16ClNO2S/c15-12-2-1-11(19-12)14(17)18-13-9-3-8-4-10(13)7-16(5-8)6-9/h1-2,8-10,13H,3-7H2. The molecule has 3 nitrogen and oxygen atoms in total. The minimum atomic E-state index is -0.190. The molecule has 4 fully saturated rings. The topological polar surface area (TPSA) is 29.5 Å². The maximum Gasteiger partial charge on any atom is 0.348 e. The van der Waals surface area contributed by atoms with Gasteiger partial charge in [0.25, 0.3) is 0 Å². The fourth-order valence-electron chi connectivity index (χ4n) is 4.16. The number of carbonyl (C=O) groups excluding carboxylic acids is 1. The van der Waals surface area contributed by atoms with Gasteiger partial charge < -0.3 is 9.64 Å². The highest BCUT2D eigenvalue weighted by atomic mass is 35.5. The zero-order valence-electron chi connectivity index (χ0n) is 10.5. The molecule has 0 aromatic carbocycles. The summed E-state index contributed by atoms with van der Waals surface area (Å²) in [5.41, 5.74) is 0. The molecule has 1 saturated carbocycles. The lowest BCUT2D eigenvalue weighted by molar-refractivity contribution is -0.116. The number of hydrogen-bond donors (Lipinski definition) is 0. The first-order chi connectivity index (χ1) is 9.19. The van der Waals surface area contributed by atoms with E-state index in [0.717, 1.165) is 19.0 Å². The molecule has 4 aliphatic rings. The Bertz CT molecular complexity index is 487. The van der Waals surface area contributed by atoms with Crippen LogP contribution in [0.5, 0.6) is 0 Å². The van der Waals surface area contributed by atoms with Gasteiger partial charge in [-0.05, 0) is 30.9 Å². The molecule has 0 amide bonds. The van der Waals surface area contributed by atoms with E-state index in [1.54, 1.807) is 12.1 Å². The van der Waals surface area contributed by atoms with Crippen molar-refractivity contribution in [3.63, 3.8) is 0 Å². The molecule has 0 radical (unpaired) electrons. The van der Waals surface area contributed by atoms with Crippen molar-refractivity contribution in [1.29, 1.82) is 0 Å². The van der Waals surface area contributed by atoms with Gasteiger partial charge in [-0.15, -0.1) is 11.3 Å². The molecule has 3 aliphatic heterocycles. The summed E-state index contributed by atoms with van der Waals surface area (Å²) in [5, 5.41) is 0. The van der Waals surface area contributed by atoms with Gasteiger partial charge in [0, 0.05) is 31.5 Å². The predicted molar refractivity (Wildman–Crippen MR) is 74.7 cm³/mol. The lowest BCUT2D eigenvalue weighted by Gasteiger charge is -2.55. The molecule has 0 N–H and O–H groups in total. The van der Waals surface area contributed by atoms with Gasteiger partial charge in [-0.1, -0.05) is 11.6 Å². The molecule has 0 spiro atoms. The van der Waals surface area contributed by atoms with Crippen molar-refractivity contribution in [2.75, 3.05) is 19.6 Å². The van der Waals surface area contributed by atoms with Crippen molar-refractivity contribution >= 4 is 28.9 Å². The van der Waals surface area contributed by atoms with Crippen molar-refractivity contribution in [3.8, 4) is 0 Å². The van der Waals surface area contributed by atoms with Gasteiger partial charge in [0.2, 0.25) is 0 Å². The van der Waals surface area contributed by atoms with E-state index in [9.17, 15) is 4.79 Å². The normalized spacial score (nSPS) is 39.5. The van der Waals surface area contributed by atoms with Crippen LogP contribution in [0.2, 0.25) is 4.34 Å². The van der Waals surface area contributed by atoms with Gasteiger partial charge >= 0.3 is 5.97 Å². The molecule has 1 aromatic rings. The van der Waals surface area contributed by atoms with Gasteiger partial charge in [0.05, 0.1) is 4.34 Å². The summed E-state index contributed by atoms with van der Waals surface area (Å²) >= 11 is 7.17. The summed E-state index contributed by atoms with van der Waals surface area (Å²) in [5.74, 6) is 1.74. The maximum absolute atomic E-state index is 12.2. The van der Waals surface area contributed by atoms with Crippen LogP contribution in [0.15, 0.2) is 12.1 Å². The summed E-state index contributed by atoms with van der Waals surface area (Å²) in [6.45, 7) is 3.47. The Morgan fingerprint density at radius 1 is 1.26 bits per heavy atom. The second kappa shape index (κ2) is 4.47. The first-order valence-electron chi connectivity index (χ1n) is 6.87. The zero-order chi connectivity index (χ0) is 13.0. The molecular formula is C14H16ClNO2S. The minimum absolute atomic E-state index is 0.126. The van der Waals surface area contributed by atoms with E-state index < -0.39 is 0 Å². The molecule has 3 saturated heterocycles. The number of rotatable bonds is 2. The SMILES string of the molecule is O=C(OC1C2CC3CC1CN(C3)C2)c1ccc(Cl)s1. The highest BCUT2D eigenvalue weighted by Gasteiger charge is 2.49. The largest absolute Gasteiger partial charge is 0.457 e. The molecular weight excluding hydrogens is 282 g/mol. The summed E-state index contributed by atoms with van der Waals surface area (Å²) in [7, 11) is 0.